The molecule has 1 saturated carbocycles. The molecule has 2 aliphatic carbocycles. The minimum absolute atomic E-state index is 0.0289. The number of rotatable bonds is 11. The van der Waals surface area contributed by atoms with Crippen LogP contribution in [0.1, 0.15) is 67.7 Å². The standard InChI is InChI=1S/C35H50O4Si/c1-26-23-35(20-15-21-38-25-37-8)30(27(2)31(36)22-32(35)34(26,6)7)24-39-40(33(3,4)5,28-16-11-9-12-17-28)29-18-13-10-14-19-29/h9-14,16-19,23,27,30,32H,15,20-22,24-25H2,1-8H3/t27-,30-,32-,35-/m0/s1. The largest absolute Gasteiger partial charge is 0.407 e. The van der Waals surface area contributed by atoms with Gasteiger partial charge in [0.25, 0.3) is 8.32 Å². The Bertz CT molecular complexity index is 1130. The topological polar surface area (TPSA) is 44.8 Å². The van der Waals surface area contributed by atoms with Gasteiger partial charge in [0.05, 0.1) is 0 Å². The van der Waals surface area contributed by atoms with Crippen molar-refractivity contribution in [2.24, 2.45) is 28.6 Å². The lowest BCUT2D eigenvalue weighted by Crippen LogP contribution is -2.67. The number of ether oxygens (including phenoxy) is 2. The second-order valence-electron chi connectivity index (χ2n) is 13.7. The molecule has 0 heterocycles. The molecule has 5 heteroatoms. The zero-order valence-electron chi connectivity index (χ0n) is 26.0. The molecule has 2 aliphatic rings. The monoisotopic (exact) mass is 562 g/mol. The Hall–Kier alpha value is -2.05. The van der Waals surface area contributed by atoms with Crippen LogP contribution in [-0.2, 0) is 18.7 Å². The molecule has 1 fully saturated rings. The number of hydrogen-bond donors (Lipinski definition) is 0. The molecule has 2 aromatic carbocycles. The zero-order valence-corrected chi connectivity index (χ0v) is 27.0. The van der Waals surface area contributed by atoms with Gasteiger partial charge in [-0.15, -0.1) is 0 Å². The first-order valence-electron chi connectivity index (χ1n) is 15.0. The van der Waals surface area contributed by atoms with Crippen molar-refractivity contribution in [2.75, 3.05) is 27.1 Å². The molecule has 2 aromatic rings. The number of hydrogen-bond acceptors (Lipinski definition) is 4. The average Bonchev–Trinajstić information content (AvgIpc) is 3.11. The van der Waals surface area contributed by atoms with Crippen LogP contribution in [0.15, 0.2) is 72.3 Å². The Morgan fingerprint density at radius 1 is 0.975 bits per heavy atom. The van der Waals surface area contributed by atoms with Gasteiger partial charge in [-0.25, -0.2) is 0 Å². The van der Waals surface area contributed by atoms with E-state index < -0.39 is 8.32 Å². The summed E-state index contributed by atoms with van der Waals surface area (Å²) < 4.78 is 18.4. The first-order valence-corrected chi connectivity index (χ1v) is 16.9. The summed E-state index contributed by atoms with van der Waals surface area (Å²) in [5, 5.41) is 2.44. The van der Waals surface area contributed by atoms with Crippen molar-refractivity contribution < 1.29 is 18.7 Å². The highest BCUT2D eigenvalue weighted by molar-refractivity contribution is 6.99. The summed E-state index contributed by atoms with van der Waals surface area (Å²) in [6, 6.07) is 21.7. The van der Waals surface area contributed by atoms with Crippen LogP contribution in [0.2, 0.25) is 5.04 Å². The molecule has 0 N–H and O–H groups in total. The summed E-state index contributed by atoms with van der Waals surface area (Å²) >= 11 is 0. The van der Waals surface area contributed by atoms with E-state index in [0.717, 1.165) is 12.8 Å². The number of methoxy groups -OCH3 is 1. The number of carbonyl (C=O) groups excluding carboxylic acids is 1. The Balaban J connectivity index is 1.79. The normalized spacial score (nSPS) is 26.4. The van der Waals surface area contributed by atoms with Crippen LogP contribution in [0.5, 0.6) is 0 Å². The van der Waals surface area contributed by atoms with Crippen LogP contribution in [0.4, 0.5) is 0 Å². The molecule has 0 aliphatic heterocycles. The molecule has 40 heavy (non-hydrogen) atoms. The van der Waals surface area contributed by atoms with Crippen LogP contribution in [0.3, 0.4) is 0 Å². The Morgan fingerprint density at radius 2 is 1.55 bits per heavy atom. The van der Waals surface area contributed by atoms with Crippen molar-refractivity contribution in [2.45, 2.75) is 72.8 Å². The van der Waals surface area contributed by atoms with E-state index in [-0.39, 0.29) is 33.6 Å². The lowest BCUT2D eigenvalue weighted by molar-refractivity contribution is -0.138. The van der Waals surface area contributed by atoms with Gasteiger partial charge in [-0.2, -0.15) is 0 Å². The summed E-state index contributed by atoms with van der Waals surface area (Å²) in [6.45, 7) is 17.6. The molecule has 4 rings (SSSR count). The summed E-state index contributed by atoms with van der Waals surface area (Å²) in [7, 11) is -1.08. The predicted octanol–water partition coefficient (Wildman–Crippen LogP) is 6.78. The van der Waals surface area contributed by atoms with E-state index in [2.05, 4.69) is 115 Å². The van der Waals surface area contributed by atoms with E-state index in [1.807, 2.05) is 0 Å². The quantitative estimate of drug-likeness (QED) is 0.131. The van der Waals surface area contributed by atoms with Crippen molar-refractivity contribution in [1.29, 1.82) is 0 Å². The third kappa shape index (κ3) is 5.43. The van der Waals surface area contributed by atoms with E-state index in [9.17, 15) is 4.79 Å². The fraction of sp³-hybridized carbons (Fsp3) is 0.571. The maximum atomic E-state index is 13.7. The number of ketones is 1. The highest BCUT2D eigenvalue weighted by atomic mass is 28.4. The van der Waals surface area contributed by atoms with Gasteiger partial charge in [0.1, 0.15) is 12.6 Å². The number of carbonyl (C=O) groups is 1. The van der Waals surface area contributed by atoms with E-state index in [0.29, 0.717) is 32.2 Å². The molecule has 0 amide bonds. The Kier molecular flexibility index (Phi) is 9.31. The minimum Gasteiger partial charge on any atom is -0.407 e. The number of fused-ring (bicyclic) bond motifs is 1. The molecular weight excluding hydrogens is 512 g/mol. The summed E-state index contributed by atoms with van der Waals surface area (Å²) in [5.74, 6) is 0.675. The number of benzene rings is 2. The Morgan fingerprint density at radius 3 is 2.08 bits per heavy atom. The molecule has 0 aromatic heterocycles. The smallest absolute Gasteiger partial charge is 0.261 e. The Labute approximate surface area is 243 Å². The average molecular weight is 563 g/mol. The summed E-state index contributed by atoms with van der Waals surface area (Å²) in [6.07, 6.45) is 5.08. The molecular formula is C35H50O4Si. The molecule has 0 radical (unpaired) electrons. The molecule has 0 spiro atoms. The van der Waals surface area contributed by atoms with Gasteiger partial charge >= 0.3 is 0 Å². The summed E-state index contributed by atoms with van der Waals surface area (Å²) in [5.41, 5.74) is 1.26. The van der Waals surface area contributed by atoms with E-state index in [1.54, 1.807) is 7.11 Å². The molecule has 4 atom stereocenters. The van der Waals surface area contributed by atoms with Crippen LogP contribution in [-0.4, -0.2) is 41.2 Å². The van der Waals surface area contributed by atoms with Gasteiger partial charge in [-0.05, 0) is 57.8 Å². The minimum atomic E-state index is -2.74. The van der Waals surface area contributed by atoms with Gasteiger partial charge in [0.2, 0.25) is 0 Å². The van der Waals surface area contributed by atoms with Gasteiger partial charge in [0, 0.05) is 32.7 Å². The SMILES string of the molecule is COCOCCC[C@@]12C=C(C)C(C)(C)[C@@H]1CC(=O)[C@@H](C)[C@@H]2CO[Si](c1ccccc1)(c1ccccc1)C(C)(C)C. The van der Waals surface area contributed by atoms with Crippen LogP contribution < -0.4 is 10.4 Å². The number of Topliss-reactive ketones (excluding diaryl/α,β-unsaturated/α-hetero) is 1. The van der Waals surface area contributed by atoms with Crippen molar-refractivity contribution >= 4 is 24.5 Å². The fourth-order valence-electron chi connectivity index (χ4n) is 7.85. The third-order valence-corrected chi connectivity index (χ3v) is 15.2. The van der Waals surface area contributed by atoms with Gasteiger partial charge in [0.15, 0.2) is 0 Å². The second kappa shape index (κ2) is 12.0. The van der Waals surface area contributed by atoms with Crippen LogP contribution >= 0.6 is 0 Å². The highest BCUT2D eigenvalue weighted by Gasteiger charge is 2.60. The maximum Gasteiger partial charge on any atom is 0.261 e. The molecule has 218 valence electrons. The van der Waals surface area contributed by atoms with Crippen molar-refractivity contribution in [3.8, 4) is 0 Å². The molecule has 4 nitrogen and oxygen atoms in total. The summed E-state index contributed by atoms with van der Waals surface area (Å²) in [4.78, 5) is 13.7. The van der Waals surface area contributed by atoms with Crippen LogP contribution in [0, 0.1) is 28.6 Å². The maximum absolute atomic E-state index is 13.7. The molecule has 0 saturated heterocycles. The lowest BCUT2D eigenvalue weighted by atomic mass is 9.52. The zero-order chi connectivity index (χ0) is 29.2. The first-order chi connectivity index (χ1) is 18.9. The van der Waals surface area contributed by atoms with Gasteiger partial charge in [-0.1, -0.05) is 114 Å². The second-order valence-corrected chi connectivity index (χ2v) is 18.0. The molecule has 0 unspecified atom stereocenters. The van der Waals surface area contributed by atoms with Crippen molar-refractivity contribution in [1.82, 2.24) is 0 Å². The van der Waals surface area contributed by atoms with Gasteiger partial charge < -0.3 is 13.9 Å². The van der Waals surface area contributed by atoms with Crippen molar-refractivity contribution in [3.63, 3.8) is 0 Å². The third-order valence-electron chi connectivity index (χ3n) is 10.2. The van der Waals surface area contributed by atoms with Crippen LogP contribution in [0.25, 0.3) is 0 Å². The first kappa shape index (κ1) is 30.9. The predicted molar refractivity (Wildman–Crippen MR) is 166 cm³/mol. The lowest BCUT2D eigenvalue weighted by Gasteiger charge is -2.53. The fourth-order valence-corrected chi connectivity index (χ4v) is 12.4. The highest BCUT2D eigenvalue weighted by Crippen LogP contribution is 2.63. The number of allylic oxidation sites excluding steroid dienone is 2. The van der Waals surface area contributed by atoms with E-state index in [4.69, 9.17) is 13.9 Å². The van der Waals surface area contributed by atoms with Gasteiger partial charge in [-0.3, -0.25) is 4.79 Å². The van der Waals surface area contributed by atoms with E-state index >= 15 is 0 Å². The van der Waals surface area contributed by atoms with E-state index in [1.165, 1.54) is 15.9 Å². The van der Waals surface area contributed by atoms with Crippen molar-refractivity contribution in [3.05, 3.63) is 72.3 Å². The molecule has 0 bridgehead atoms.